The quantitative estimate of drug-likeness (QED) is 0.573. The zero-order valence-corrected chi connectivity index (χ0v) is 18.2. The number of nitrogens with one attached hydrogen (secondary N) is 1. The van der Waals surface area contributed by atoms with Crippen molar-refractivity contribution in [2.45, 2.75) is 52.2 Å². The second kappa shape index (κ2) is 7.47. The van der Waals surface area contributed by atoms with Gasteiger partial charge in [-0.15, -0.1) is 0 Å². The monoisotopic (exact) mass is 425 g/mol. The van der Waals surface area contributed by atoms with Crippen LogP contribution in [0.5, 0.6) is 5.75 Å². The molecule has 0 radical (unpaired) electrons. The number of rotatable bonds is 4. The van der Waals surface area contributed by atoms with E-state index in [0.29, 0.717) is 32.9 Å². The molecule has 30 heavy (non-hydrogen) atoms. The molecule has 156 valence electrons. The lowest BCUT2D eigenvalue weighted by molar-refractivity contribution is 0.0507. The smallest absolute Gasteiger partial charge is 0.287 e. The first-order chi connectivity index (χ1) is 14.2. The SMILES string of the molecule is CC[C@H](C)NC(=O)c1oc2ccc3c(c2c1C)C(=O)C[C@](C)(c1ccc(Cl)cc1)O3. The molecule has 0 unspecified atom stereocenters. The Morgan fingerprint density at radius 2 is 1.93 bits per heavy atom. The topological polar surface area (TPSA) is 68.5 Å². The Bertz CT molecular complexity index is 1150. The van der Waals surface area contributed by atoms with Gasteiger partial charge >= 0.3 is 0 Å². The Morgan fingerprint density at radius 3 is 2.60 bits per heavy atom. The highest BCUT2D eigenvalue weighted by atomic mass is 35.5. The molecule has 2 heterocycles. The molecule has 1 aliphatic rings. The summed E-state index contributed by atoms with van der Waals surface area (Å²) >= 11 is 6.01. The van der Waals surface area contributed by atoms with Crippen LogP contribution in [0.25, 0.3) is 11.0 Å². The minimum Gasteiger partial charge on any atom is -0.482 e. The van der Waals surface area contributed by atoms with E-state index >= 15 is 0 Å². The van der Waals surface area contributed by atoms with E-state index in [4.69, 9.17) is 20.8 Å². The van der Waals surface area contributed by atoms with Crippen LogP contribution in [0.15, 0.2) is 40.8 Å². The van der Waals surface area contributed by atoms with E-state index in [2.05, 4.69) is 5.32 Å². The van der Waals surface area contributed by atoms with E-state index in [1.54, 1.807) is 31.2 Å². The molecule has 2 atom stereocenters. The predicted molar refractivity (Wildman–Crippen MR) is 117 cm³/mol. The van der Waals surface area contributed by atoms with Gasteiger partial charge in [-0.1, -0.05) is 30.7 Å². The first kappa shape index (κ1) is 20.5. The van der Waals surface area contributed by atoms with E-state index in [1.807, 2.05) is 32.9 Å². The largest absolute Gasteiger partial charge is 0.482 e. The first-order valence-electron chi connectivity index (χ1n) is 10.1. The van der Waals surface area contributed by atoms with Gasteiger partial charge in [-0.25, -0.2) is 0 Å². The van der Waals surface area contributed by atoms with Crippen LogP contribution in [-0.2, 0) is 5.60 Å². The van der Waals surface area contributed by atoms with Gasteiger partial charge in [0.25, 0.3) is 5.91 Å². The third kappa shape index (κ3) is 3.37. The molecule has 0 fully saturated rings. The number of Topliss-reactive ketones (excluding diaryl/α,β-unsaturated/α-hetero) is 1. The highest BCUT2D eigenvalue weighted by Gasteiger charge is 2.40. The van der Waals surface area contributed by atoms with Gasteiger partial charge in [-0.3, -0.25) is 9.59 Å². The van der Waals surface area contributed by atoms with Crippen molar-refractivity contribution in [3.63, 3.8) is 0 Å². The molecule has 3 aromatic rings. The van der Waals surface area contributed by atoms with Crippen molar-refractivity contribution < 1.29 is 18.7 Å². The van der Waals surface area contributed by atoms with E-state index in [0.717, 1.165) is 12.0 Å². The molecule has 0 spiro atoms. The molecule has 1 aliphatic heterocycles. The number of halogens is 1. The van der Waals surface area contributed by atoms with Crippen molar-refractivity contribution in [3.8, 4) is 5.75 Å². The number of carbonyl (C=O) groups excluding carboxylic acids is 2. The van der Waals surface area contributed by atoms with E-state index < -0.39 is 5.60 Å². The molecule has 6 heteroatoms. The highest BCUT2D eigenvalue weighted by Crippen LogP contribution is 2.44. The van der Waals surface area contributed by atoms with Crippen molar-refractivity contribution in [1.29, 1.82) is 0 Å². The number of furan rings is 1. The molecule has 2 aromatic carbocycles. The summed E-state index contributed by atoms with van der Waals surface area (Å²) in [6.45, 7) is 7.64. The summed E-state index contributed by atoms with van der Waals surface area (Å²) in [6.07, 6.45) is 0.996. The van der Waals surface area contributed by atoms with E-state index in [-0.39, 0.29) is 29.9 Å². The maximum atomic E-state index is 13.3. The lowest BCUT2D eigenvalue weighted by Crippen LogP contribution is -2.36. The fourth-order valence-corrected chi connectivity index (χ4v) is 4.05. The third-order valence-electron chi connectivity index (χ3n) is 5.82. The standard InChI is InChI=1S/C24H24ClNO4/c1-5-13(2)26-23(28)22-14(3)20-18(29-22)10-11-19-21(20)17(27)12-24(4,30-19)15-6-8-16(25)9-7-15/h6-11,13H,5,12H2,1-4H3,(H,26,28)/t13-,24+/m0/s1. The molecule has 0 saturated carbocycles. The van der Waals surface area contributed by atoms with Gasteiger partial charge in [-0.2, -0.15) is 0 Å². The zero-order valence-electron chi connectivity index (χ0n) is 17.5. The van der Waals surface area contributed by atoms with Crippen LogP contribution in [0.3, 0.4) is 0 Å². The second-order valence-electron chi connectivity index (χ2n) is 8.09. The average Bonchev–Trinajstić information content (AvgIpc) is 3.04. The number of fused-ring (bicyclic) bond motifs is 3. The zero-order chi connectivity index (χ0) is 21.6. The van der Waals surface area contributed by atoms with Crippen LogP contribution in [0.4, 0.5) is 0 Å². The van der Waals surface area contributed by atoms with Crippen molar-refractivity contribution in [2.24, 2.45) is 0 Å². The number of benzene rings is 2. The summed E-state index contributed by atoms with van der Waals surface area (Å²) in [6, 6.07) is 10.8. The molecular weight excluding hydrogens is 402 g/mol. The number of amides is 1. The van der Waals surface area contributed by atoms with Crippen molar-refractivity contribution in [3.05, 3.63) is 63.9 Å². The van der Waals surface area contributed by atoms with Crippen molar-refractivity contribution in [1.82, 2.24) is 5.32 Å². The van der Waals surface area contributed by atoms with Gasteiger partial charge in [-0.05, 0) is 57.0 Å². The molecule has 4 rings (SSSR count). The Kier molecular flexibility index (Phi) is 5.10. The molecule has 5 nitrogen and oxygen atoms in total. The van der Waals surface area contributed by atoms with Crippen molar-refractivity contribution >= 4 is 34.3 Å². The fourth-order valence-electron chi connectivity index (χ4n) is 3.93. The van der Waals surface area contributed by atoms with Crippen LogP contribution in [0.1, 0.15) is 65.7 Å². The van der Waals surface area contributed by atoms with Crippen LogP contribution >= 0.6 is 11.6 Å². The molecular formula is C24H24ClNO4. The number of ether oxygens (including phenoxy) is 1. The lowest BCUT2D eigenvalue weighted by Gasteiger charge is -2.35. The van der Waals surface area contributed by atoms with Gasteiger partial charge < -0.3 is 14.5 Å². The first-order valence-corrected chi connectivity index (χ1v) is 10.5. The van der Waals surface area contributed by atoms with Crippen LogP contribution < -0.4 is 10.1 Å². The Balaban J connectivity index is 1.78. The van der Waals surface area contributed by atoms with Gasteiger partial charge in [0.2, 0.25) is 0 Å². The molecule has 0 bridgehead atoms. The molecule has 1 amide bonds. The van der Waals surface area contributed by atoms with Gasteiger partial charge in [0.15, 0.2) is 11.5 Å². The second-order valence-corrected chi connectivity index (χ2v) is 8.53. The van der Waals surface area contributed by atoms with Gasteiger partial charge in [0.1, 0.15) is 16.9 Å². The number of carbonyl (C=O) groups is 2. The van der Waals surface area contributed by atoms with Gasteiger partial charge in [0.05, 0.1) is 12.0 Å². The maximum Gasteiger partial charge on any atom is 0.287 e. The van der Waals surface area contributed by atoms with E-state index in [9.17, 15) is 9.59 Å². The fraction of sp³-hybridized carbons (Fsp3) is 0.333. The minimum atomic E-state index is -0.795. The van der Waals surface area contributed by atoms with Crippen LogP contribution in [0, 0.1) is 6.92 Å². The molecule has 1 N–H and O–H groups in total. The Morgan fingerprint density at radius 1 is 1.23 bits per heavy atom. The summed E-state index contributed by atoms with van der Waals surface area (Å²) in [7, 11) is 0. The summed E-state index contributed by atoms with van der Waals surface area (Å²) in [5.74, 6) is 0.408. The number of aryl methyl sites for hydroxylation is 1. The summed E-state index contributed by atoms with van der Waals surface area (Å²) < 4.78 is 12.2. The summed E-state index contributed by atoms with van der Waals surface area (Å²) in [4.78, 5) is 25.9. The lowest BCUT2D eigenvalue weighted by atomic mass is 9.84. The molecule has 0 saturated heterocycles. The summed E-state index contributed by atoms with van der Waals surface area (Å²) in [5, 5.41) is 4.19. The average molecular weight is 426 g/mol. The normalized spacial score (nSPS) is 19.3. The highest BCUT2D eigenvalue weighted by molar-refractivity contribution is 6.30. The maximum absolute atomic E-state index is 13.3. The van der Waals surface area contributed by atoms with Crippen LogP contribution in [0.2, 0.25) is 5.02 Å². The number of hydrogen-bond donors (Lipinski definition) is 1. The molecule has 0 aliphatic carbocycles. The predicted octanol–water partition coefficient (Wildman–Crippen LogP) is 5.80. The third-order valence-corrected chi connectivity index (χ3v) is 6.07. The van der Waals surface area contributed by atoms with Gasteiger partial charge in [0, 0.05) is 22.0 Å². The Hall–Kier alpha value is -2.79. The van der Waals surface area contributed by atoms with E-state index in [1.165, 1.54) is 0 Å². The minimum absolute atomic E-state index is 0.0316. The summed E-state index contributed by atoms with van der Waals surface area (Å²) in [5.41, 5.74) is 1.71. The van der Waals surface area contributed by atoms with Crippen LogP contribution in [-0.4, -0.2) is 17.7 Å². The Labute approximate surface area is 180 Å². The number of ketones is 1. The molecule has 1 aromatic heterocycles. The van der Waals surface area contributed by atoms with Crippen molar-refractivity contribution in [2.75, 3.05) is 0 Å². The number of hydrogen-bond acceptors (Lipinski definition) is 4.